The Morgan fingerprint density at radius 2 is 0.659 bits per heavy atom. The van der Waals surface area contributed by atoms with Crippen LogP contribution >= 0.6 is 0 Å². The van der Waals surface area contributed by atoms with Gasteiger partial charge in [-0.05, 0) is 144 Å². The molecule has 0 aliphatic rings. The number of carbonyl (C=O) groups is 2. The molecule has 0 fully saturated rings. The first-order chi connectivity index (χ1) is 20.8. The molecule has 0 aliphatic heterocycles. The third kappa shape index (κ3) is 5.42. The molecule has 5 aromatic rings. The Kier molecular flexibility index (Phi) is 7.79. The van der Waals surface area contributed by atoms with E-state index in [1.807, 2.05) is 13.8 Å². The number of phenols is 2. The molecule has 0 heterocycles. The number of hydrogen-bond donors (Lipinski definition) is 4. The summed E-state index contributed by atoms with van der Waals surface area (Å²) in [7, 11) is 0. The predicted molar refractivity (Wildman–Crippen MR) is 174 cm³/mol. The number of aryl methyl sites for hydroxylation is 6. The van der Waals surface area contributed by atoms with Crippen LogP contribution < -0.4 is 0 Å². The third-order valence-electron chi connectivity index (χ3n) is 8.37. The summed E-state index contributed by atoms with van der Waals surface area (Å²) in [6, 6.07) is 22.2. The maximum Gasteiger partial charge on any atom is 0.339 e. The van der Waals surface area contributed by atoms with Crippen molar-refractivity contribution in [3.63, 3.8) is 0 Å². The third-order valence-corrected chi connectivity index (χ3v) is 8.37. The van der Waals surface area contributed by atoms with E-state index in [-0.39, 0.29) is 22.6 Å². The van der Waals surface area contributed by atoms with Crippen LogP contribution in [0.4, 0.5) is 0 Å². The molecule has 5 aromatic carbocycles. The monoisotopic (exact) mass is 586 g/mol. The molecule has 222 valence electrons. The number of carboxylic acids is 2. The van der Waals surface area contributed by atoms with Gasteiger partial charge in [0.05, 0.1) is 0 Å². The Hall–Kier alpha value is -5.36. The van der Waals surface area contributed by atoms with E-state index in [1.54, 1.807) is 12.1 Å². The maximum absolute atomic E-state index is 11.3. The first-order valence-electron chi connectivity index (χ1n) is 14.2. The average molecular weight is 587 g/mol. The second-order valence-electron chi connectivity index (χ2n) is 11.5. The summed E-state index contributed by atoms with van der Waals surface area (Å²) < 4.78 is 0. The van der Waals surface area contributed by atoms with E-state index in [4.69, 9.17) is 0 Å². The summed E-state index contributed by atoms with van der Waals surface area (Å²) >= 11 is 0. The lowest BCUT2D eigenvalue weighted by Crippen LogP contribution is -1.98. The summed E-state index contributed by atoms with van der Waals surface area (Å²) in [6.07, 6.45) is 0. The zero-order valence-corrected chi connectivity index (χ0v) is 25.5. The molecule has 6 heteroatoms. The minimum Gasteiger partial charge on any atom is -0.507 e. The quantitative estimate of drug-likeness (QED) is 0.158. The van der Waals surface area contributed by atoms with E-state index < -0.39 is 11.9 Å². The molecule has 0 unspecified atom stereocenters. The van der Waals surface area contributed by atoms with Gasteiger partial charge in [-0.25, -0.2) is 9.59 Å². The van der Waals surface area contributed by atoms with Gasteiger partial charge in [-0.2, -0.15) is 0 Å². The van der Waals surface area contributed by atoms with Gasteiger partial charge in [0.15, 0.2) is 0 Å². The molecule has 0 aliphatic carbocycles. The van der Waals surface area contributed by atoms with Crippen LogP contribution in [0.1, 0.15) is 54.1 Å². The molecule has 0 atom stereocenters. The smallest absolute Gasteiger partial charge is 0.339 e. The summed E-state index contributed by atoms with van der Waals surface area (Å²) in [5, 5.41) is 39.0. The Morgan fingerprint density at radius 1 is 0.409 bits per heavy atom. The lowest BCUT2D eigenvalue weighted by atomic mass is 9.85. The van der Waals surface area contributed by atoms with Crippen molar-refractivity contribution >= 4 is 11.9 Å². The fraction of sp³-hybridized carbons (Fsp3) is 0.158. The van der Waals surface area contributed by atoms with Crippen LogP contribution in [0.3, 0.4) is 0 Å². The number of benzene rings is 5. The fourth-order valence-electron chi connectivity index (χ4n) is 5.99. The van der Waals surface area contributed by atoms with Gasteiger partial charge >= 0.3 is 11.9 Å². The normalized spacial score (nSPS) is 11.0. The second-order valence-corrected chi connectivity index (χ2v) is 11.5. The summed E-state index contributed by atoms with van der Waals surface area (Å²) in [5.74, 6) is -2.85. The van der Waals surface area contributed by atoms with Crippen LogP contribution in [0.5, 0.6) is 11.5 Å². The highest BCUT2D eigenvalue weighted by Crippen LogP contribution is 2.40. The Balaban J connectivity index is 1.52. The first kappa shape index (κ1) is 30.1. The van der Waals surface area contributed by atoms with Crippen LogP contribution in [0.15, 0.2) is 72.8 Å². The molecule has 0 saturated heterocycles. The fourth-order valence-corrected chi connectivity index (χ4v) is 5.99. The van der Waals surface area contributed by atoms with Gasteiger partial charge < -0.3 is 20.4 Å². The lowest BCUT2D eigenvalue weighted by Gasteiger charge is -2.19. The van der Waals surface area contributed by atoms with Crippen molar-refractivity contribution in [1.82, 2.24) is 0 Å². The summed E-state index contributed by atoms with van der Waals surface area (Å²) in [5.41, 5.74) is 14.0. The van der Waals surface area contributed by atoms with Crippen molar-refractivity contribution in [1.29, 1.82) is 0 Å². The zero-order chi connectivity index (χ0) is 32.0. The molecule has 44 heavy (non-hydrogen) atoms. The van der Waals surface area contributed by atoms with E-state index in [9.17, 15) is 30.0 Å². The molecule has 4 N–H and O–H groups in total. The Bertz CT molecular complexity index is 1860. The SMILES string of the molecule is Cc1cc(-c2cc(C)c(-c3cc(C)c(-c4ccc(C(=O)O)c(O)c4)cc3C)cc2C)c(C)cc1-c1ccc(C(=O)O)c(O)c1. The molecule has 0 aromatic heterocycles. The molecular formula is C38H34O6. The molecule has 6 nitrogen and oxygen atoms in total. The van der Waals surface area contributed by atoms with E-state index in [0.717, 1.165) is 77.9 Å². The van der Waals surface area contributed by atoms with Crippen molar-refractivity contribution in [2.45, 2.75) is 41.5 Å². The van der Waals surface area contributed by atoms with Gasteiger partial charge in [-0.3, -0.25) is 0 Å². The minimum absolute atomic E-state index is 0.125. The Morgan fingerprint density at radius 3 is 0.909 bits per heavy atom. The van der Waals surface area contributed by atoms with Crippen molar-refractivity contribution in [2.24, 2.45) is 0 Å². The van der Waals surface area contributed by atoms with Crippen LogP contribution in [0, 0.1) is 41.5 Å². The molecule has 0 amide bonds. The number of aromatic hydroxyl groups is 2. The van der Waals surface area contributed by atoms with Crippen LogP contribution in [-0.2, 0) is 0 Å². The molecule has 0 radical (unpaired) electrons. The summed E-state index contributed by atoms with van der Waals surface area (Å²) in [4.78, 5) is 22.7. The topological polar surface area (TPSA) is 115 Å². The van der Waals surface area contributed by atoms with E-state index in [0.29, 0.717) is 0 Å². The van der Waals surface area contributed by atoms with Crippen molar-refractivity contribution < 1.29 is 30.0 Å². The zero-order valence-electron chi connectivity index (χ0n) is 25.5. The molecule has 0 spiro atoms. The number of hydrogen-bond acceptors (Lipinski definition) is 4. The van der Waals surface area contributed by atoms with Crippen molar-refractivity contribution in [2.75, 3.05) is 0 Å². The number of rotatable bonds is 6. The van der Waals surface area contributed by atoms with Crippen molar-refractivity contribution in [3.05, 3.63) is 117 Å². The predicted octanol–water partition coefficient (Wildman–Crippen LogP) is 9.01. The largest absolute Gasteiger partial charge is 0.507 e. The molecule has 0 saturated carbocycles. The van der Waals surface area contributed by atoms with Gasteiger partial charge in [-0.15, -0.1) is 0 Å². The Labute approximate surface area is 256 Å². The van der Waals surface area contributed by atoms with Crippen LogP contribution in [0.2, 0.25) is 0 Å². The number of carboxylic acid groups (broad SMARTS) is 2. The second kappa shape index (κ2) is 11.4. The average Bonchev–Trinajstić information content (AvgIpc) is 2.95. The molecule has 0 bridgehead atoms. The summed E-state index contributed by atoms with van der Waals surface area (Å²) in [6.45, 7) is 12.3. The maximum atomic E-state index is 11.3. The van der Waals surface area contributed by atoms with Gasteiger partial charge in [0.1, 0.15) is 22.6 Å². The van der Waals surface area contributed by atoms with E-state index in [2.05, 4.69) is 64.1 Å². The molecular weight excluding hydrogens is 552 g/mol. The highest BCUT2D eigenvalue weighted by Gasteiger charge is 2.18. The highest BCUT2D eigenvalue weighted by molar-refractivity contribution is 5.93. The molecule has 5 rings (SSSR count). The number of aromatic carboxylic acids is 2. The lowest BCUT2D eigenvalue weighted by molar-refractivity contribution is 0.0682. The van der Waals surface area contributed by atoms with Crippen molar-refractivity contribution in [3.8, 4) is 56.0 Å². The van der Waals surface area contributed by atoms with Crippen LogP contribution in [0.25, 0.3) is 44.5 Å². The van der Waals surface area contributed by atoms with Gasteiger partial charge in [0.25, 0.3) is 0 Å². The highest BCUT2D eigenvalue weighted by atomic mass is 16.4. The first-order valence-corrected chi connectivity index (χ1v) is 14.2. The standard InChI is InChI=1S/C38H34O6/c1-19-13-31(21(3)11-29(19)25-7-9-27(37(41)42)35(39)17-25)33-15-24(6)34(16-23(33)5)32-14-20(2)30(12-22(32)4)26-8-10-28(38(43)44)36(40)18-26/h7-18,39-40H,1-6H3,(H,41,42)(H,43,44). The van der Waals surface area contributed by atoms with E-state index in [1.165, 1.54) is 24.3 Å². The van der Waals surface area contributed by atoms with Gasteiger partial charge in [0.2, 0.25) is 0 Å². The van der Waals surface area contributed by atoms with Crippen LogP contribution in [-0.4, -0.2) is 32.4 Å². The van der Waals surface area contributed by atoms with Gasteiger partial charge in [0, 0.05) is 0 Å². The van der Waals surface area contributed by atoms with Gasteiger partial charge in [-0.1, -0.05) is 48.5 Å². The van der Waals surface area contributed by atoms with E-state index >= 15 is 0 Å². The minimum atomic E-state index is -1.17.